The van der Waals surface area contributed by atoms with Gasteiger partial charge in [0.1, 0.15) is 5.82 Å². The largest absolute Gasteiger partial charge is 0.452 e. The number of rotatable bonds is 5. The van der Waals surface area contributed by atoms with Crippen molar-refractivity contribution >= 4 is 35.2 Å². The average Bonchev–Trinajstić information content (AvgIpc) is 2.72. The van der Waals surface area contributed by atoms with Gasteiger partial charge in [0, 0.05) is 37.3 Å². The first-order valence-corrected chi connectivity index (χ1v) is 9.29. The van der Waals surface area contributed by atoms with Crippen molar-refractivity contribution in [3.05, 3.63) is 71.0 Å². The van der Waals surface area contributed by atoms with Gasteiger partial charge >= 0.3 is 5.97 Å². The summed E-state index contributed by atoms with van der Waals surface area (Å²) in [4.78, 5) is 27.6. The SMILES string of the molecule is O=C(/C=C/c1ccccc1Cl)OCC(=O)N1CCN(c2ccccc2F)CC1. The van der Waals surface area contributed by atoms with Crippen LogP contribution in [0.4, 0.5) is 10.1 Å². The van der Waals surface area contributed by atoms with E-state index in [4.69, 9.17) is 16.3 Å². The van der Waals surface area contributed by atoms with Gasteiger partial charge in [0.2, 0.25) is 0 Å². The Kier molecular flexibility index (Phi) is 6.66. The van der Waals surface area contributed by atoms with Crippen LogP contribution >= 0.6 is 11.6 Å². The van der Waals surface area contributed by atoms with Crippen LogP contribution in [0.25, 0.3) is 6.08 Å². The number of carbonyl (C=O) groups excluding carboxylic acids is 2. The molecule has 0 unspecified atom stereocenters. The molecular formula is C21H20ClFN2O3. The lowest BCUT2D eigenvalue weighted by molar-refractivity contribution is -0.148. The quantitative estimate of drug-likeness (QED) is 0.568. The zero-order valence-corrected chi connectivity index (χ0v) is 15.9. The van der Waals surface area contributed by atoms with Crippen LogP contribution in [0.1, 0.15) is 5.56 Å². The summed E-state index contributed by atoms with van der Waals surface area (Å²) in [6, 6.07) is 13.7. The van der Waals surface area contributed by atoms with E-state index in [1.54, 1.807) is 53.4 Å². The van der Waals surface area contributed by atoms with E-state index in [-0.39, 0.29) is 18.3 Å². The van der Waals surface area contributed by atoms with Crippen molar-refractivity contribution in [3.8, 4) is 0 Å². The van der Waals surface area contributed by atoms with Crippen molar-refractivity contribution in [2.24, 2.45) is 0 Å². The molecule has 7 heteroatoms. The summed E-state index contributed by atoms with van der Waals surface area (Å²) >= 11 is 6.01. The number of halogens is 2. The Balaban J connectivity index is 1.45. The average molecular weight is 403 g/mol. The molecule has 0 aromatic heterocycles. The van der Waals surface area contributed by atoms with E-state index in [1.165, 1.54) is 12.1 Å². The number of carbonyl (C=O) groups is 2. The lowest BCUT2D eigenvalue weighted by atomic mass is 10.2. The van der Waals surface area contributed by atoms with Crippen molar-refractivity contribution < 1.29 is 18.7 Å². The van der Waals surface area contributed by atoms with Gasteiger partial charge in [-0.1, -0.05) is 41.9 Å². The third-order valence-corrected chi connectivity index (χ3v) is 4.81. The third kappa shape index (κ3) is 5.10. The highest BCUT2D eigenvalue weighted by atomic mass is 35.5. The van der Waals surface area contributed by atoms with Crippen LogP contribution in [0.2, 0.25) is 5.02 Å². The maximum absolute atomic E-state index is 13.9. The van der Waals surface area contributed by atoms with Crippen LogP contribution in [-0.2, 0) is 14.3 Å². The number of para-hydroxylation sites is 1. The van der Waals surface area contributed by atoms with Crippen LogP contribution in [0.3, 0.4) is 0 Å². The maximum atomic E-state index is 13.9. The molecular weight excluding hydrogens is 383 g/mol. The van der Waals surface area contributed by atoms with Gasteiger partial charge in [0.05, 0.1) is 5.69 Å². The fourth-order valence-electron chi connectivity index (χ4n) is 2.95. The van der Waals surface area contributed by atoms with E-state index < -0.39 is 5.97 Å². The summed E-state index contributed by atoms with van der Waals surface area (Å²) in [5.74, 6) is -1.16. The lowest BCUT2D eigenvalue weighted by Gasteiger charge is -2.36. The molecule has 1 saturated heterocycles. The van der Waals surface area contributed by atoms with E-state index in [9.17, 15) is 14.0 Å². The van der Waals surface area contributed by atoms with Gasteiger partial charge < -0.3 is 14.5 Å². The minimum Gasteiger partial charge on any atom is -0.452 e. The number of esters is 1. The summed E-state index contributed by atoms with van der Waals surface area (Å²) in [5.41, 5.74) is 1.22. The van der Waals surface area contributed by atoms with Gasteiger partial charge in [-0.15, -0.1) is 0 Å². The van der Waals surface area contributed by atoms with Crippen LogP contribution < -0.4 is 4.90 Å². The van der Waals surface area contributed by atoms with Crippen LogP contribution in [-0.4, -0.2) is 49.6 Å². The summed E-state index contributed by atoms with van der Waals surface area (Å²) < 4.78 is 18.9. The second-order valence-electron chi connectivity index (χ2n) is 6.28. The molecule has 28 heavy (non-hydrogen) atoms. The Labute approximate surface area is 168 Å². The zero-order valence-electron chi connectivity index (χ0n) is 15.2. The second kappa shape index (κ2) is 9.37. The van der Waals surface area contributed by atoms with E-state index >= 15 is 0 Å². The Hall–Kier alpha value is -2.86. The number of hydrogen-bond acceptors (Lipinski definition) is 4. The highest BCUT2D eigenvalue weighted by molar-refractivity contribution is 6.32. The predicted molar refractivity (Wildman–Crippen MR) is 107 cm³/mol. The van der Waals surface area contributed by atoms with Crippen LogP contribution in [0.15, 0.2) is 54.6 Å². The van der Waals surface area contributed by atoms with Gasteiger partial charge in [0.15, 0.2) is 6.61 Å². The number of anilines is 1. The van der Waals surface area contributed by atoms with Crippen molar-refractivity contribution in [1.82, 2.24) is 4.90 Å². The van der Waals surface area contributed by atoms with Gasteiger partial charge in [-0.05, 0) is 29.8 Å². The van der Waals surface area contributed by atoms with Gasteiger partial charge in [-0.2, -0.15) is 0 Å². The molecule has 0 aliphatic carbocycles. The molecule has 2 aromatic carbocycles. The maximum Gasteiger partial charge on any atom is 0.331 e. The molecule has 0 N–H and O–H groups in total. The van der Waals surface area contributed by atoms with Crippen molar-refractivity contribution in [2.75, 3.05) is 37.7 Å². The molecule has 1 fully saturated rings. The standard InChI is InChI=1S/C21H20ClFN2O3/c22-17-6-2-1-5-16(17)9-10-21(27)28-15-20(26)25-13-11-24(12-14-25)19-8-4-3-7-18(19)23/h1-10H,11-15H2/b10-9+. The van der Waals surface area contributed by atoms with Gasteiger partial charge in [-0.3, -0.25) is 4.79 Å². The number of amides is 1. The number of nitrogens with zero attached hydrogens (tertiary/aromatic N) is 2. The normalized spacial score (nSPS) is 14.4. The number of benzene rings is 2. The Morgan fingerprint density at radius 3 is 2.43 bits per heavy atom. The summed E-state index contributed by atoms with van der Waals surface area (Å²) in [6.07, 6.45) is 2.78. The molecule has 0 saturated carbocycles. The molecule has 3 rings (SSSR count). The van der Waals surface area contributed by atoms with E-state index in [0.29, 0.717) is 42.5 Å². The molecule has 2 aromatic rings. The molecule has 1 aliphatic rings. The molecule has 0 atom stereocenters. The monoisotopic (exact) mass is 402 g/mol. The van der Waals surface area contributed by atoms with E-state index in [1.807, 2.05) is 4.90 Å². The smallest absolute Gasteiger partial charge is 0.331 e. The second-order valence-corrected chi connectivity index (χ2v) is 6.69. The minimum atomic E-state index is -0.613. The molecule has 146 valence electrons. The molecule has 5 nitrogen and oxygen atoms in total. The third-order valence-electron chi connectivity index (χ3n) is 4.47. The Morgan fingerprint density at radius 1 is 1.04 bits per heavy atom. The number of ether oxygens (including phenoxy) is 1. The van der Waals surface area contributed by atoms with Crippen LogP contribution in [0.5, 0.6) is 0 Å². The number of piperazine rings is 1. The summed E-state index contributed by atoms with van der Waals surface area (Å²) in [7, 11) is 0. The Bertz CT molecular complexity index is 879. The van der Waals surface area contributed by atoms with Gasteiger partial charge in [-0.25, -0.2) is 9.18 Å². The first-order chi connectivity index (χ1) is 13.5. The lowest BCUT2D eigenvalue weighted by Crippen LogP contribution is -2.50. The Morgan fingerprint density at radius 2 is 1.71 bits per heavy atom. The highest BCUT2D eigenvalue weighted by Crippen LogP contribution is 2.20. The molecule has 1 amide bonds. The van der Waals surface area contributed by atoms with E-state index in [0.717, 1.165) is 0 Å². The van der Waals surface area contributed by atoms with E-state index in [2.05, 4.69) is 0 Å². The molecule has 1 aliphatic heterocycles. The molecule has 1 heterocycles. The first kappa shape index (κ1) is 19.9. The van der Waals surface area contributed by atoms with Gasteiger partial charge in [0.25, 0.3) is 5.91 Å². The molecule has 0 spiro atoms. The van der Waals surface area contributed by atoms with Crippen LogP contribution in [0, 0.1) is 5.82 Å². The highest BCUT2D eigenvalue weighted by Gasteiger charge is 2.23. The molecule has 0 radical (unpaired) electrons. The van der Waals surface area contributed by atoms with Crippen molar-refractivity contribution in [2.45, 2.75) is 0 Å². The summed E-state index contributed by atoms with van der Waals surface area (Å²) in [5, 5.41) is 0.523. The first-order valence-electron chi connectivity index (χ1n) is 8.91. The topological polar surface area (TPSA) is 49.9 Å². The predicted octanol–water partition coefficient (Wildman–Crippen LogP) is 3.38. The van der Waals surface area contributed by atoms with Crippen molar-refractivity contribution in [3.63, 3.8) is 0 Å². The molecule has 0 bridgehead atoms. The summed E-state index contributed by atoms with van der Waals surface area (Å²) in [6.45, 7) is 1.60. The minimum absolute atomic E-state index is 0.271. The zero-order chi connectivity index (χ0) is 19.9. The number of hydrogen-bond donors (Lipinski definition) is 0. The fourth-order valence-corrected chi connectivity index (χ4v) is 3.14. The van der Waals surface area contributed by atoms with Crippen molar-refractivity contribution in [1.29, 1.82) is 0 Å². The fraction of sp³-hybridized carbons (Fsp3) is 0.238.